The molecule has 2 rings (SSSR count). The van der Waals surface area contributed by atoms with Gasteiger partial charge in [0, 0.05) is 17.7 Å². The van der Waals surface area contributed by atoms with E-state index in [1.165, 1.54) is 20.1 Å². The summed E-state index contributed by atoms with van der Waals surface area (Å²) in [6.07, 6.45) is 1.80. The number of carbonyl (C=O) groups is 2. The van der Waals surface area contributed by atoms with Gasteiger partial charge in [-0.05, 0) is 44.2 Å². The Morgan fingerprint density at radius 3 is 2.52 bits per heavy atom. The quantitative estimate of drug-likeness (QED) is 0.512. The van der Waals surface area contributed by atoms with Gasteiger partial charge in [0.15, 0.2) is 6.10 Å². The van der Waals surface area contributed by atoms with Crippen LogP contribution in [-0.4, -0.2) is 38.8 Å². The molecule has 0 fully saturated rings. The molecule has 1 atom stereocenters. The van der Waals surface area contributed by atoms with Crippen molar-refractivity contribution in [3.63, 3.8) is 0 Å². The lowest BCUT2D eigenvalue weighted by Gasteiger charge is -2.15. The lowest BCUT2D eigenvalue weighted by atomic mass is 10.1. The first-order chi connectivity index (χ1) is 14.0. The van der Waals surface area contributed by atoms with Gasteiger partial charge in [0.1, 0.15) is 17.2 Å². The van der Waals surface area contributed by atoms with Gasteiger partial charge in [-0.2, -0.15) is 0 Å². The second-order valence-electron chi connectivity index (χ2n) is 5.94. The molecule has 0 radical (unpaired) electrons. The highest BCUT2D eigenvalue weighted by atomic mass is 16.5. The number of hydrogen-bond acceptors (Lipinski definition) is 6. The predicted octanol–water partition coefficient (Wildman–Crippen LogP) is 3.69. The highest BCUT2D eigenvalue weighted by Crippen LogP contribution is 2.26. The Bertz CT molecular complexity index is 877. The van der Waals surface area contributed by atoms with Crippen molar-refractivity contribution in [3.05, 3.63) is 54.1 Å². The van der Waals surface area contributed by atoms with Crippen molar-refractivity contribution in [2.75, 3.05) is 26.1 Å². The molecule has 0 bridgehead atoms. The summed E-state index contributed by atoms with van der Waals surface area (Å²) in [6.45, 7) is 3.82. The molecular formula is C22H25NO6. The summed E-state index contributed by atoms with van der Waals surface area (Å²) >= 11 is 0. The van der Waals surface area contributed by atoms with Crippen molar-refractivity contribution in [2.45, 2.75) is 20.0 Å². The molecule has 0 saturated carbocycles. The molecule has 7 nitrogen and oxygen atoms in total. The smallest absolute Gasteiger partial charge is 0.331 e. The van der Waals surface area contributed by atoms with Gasteiger partial charge in [-0.1, -0.05) is 12.1 Å². The Labute approximate surface area is 170 Å². The Hall–Kier alpha value is -3.48. The summed E-state index contributed by atoms with van der Waals surface area (Å²) < 4.78 is 21.1. The van der Waals surface area contributed by atoms with Crippen molar-refractivity contribution < 1.29 is 28.5 Å². The van der Waals surface area contributed by atoms with Crippen LogP contribution in [0.5, 0.6) is 17.2 Å². The van der Waals surface area contributed by atoms with Gasteiger partial charge in [0.2, 0.25) is 0 Å². The van der Waals surface area contributed by atoms with E-state index in [-0.39, 0.29) is 0 Å². The van der Waals surface area contributed by atoms with E-state index in [0.29, 0.717) is 35.1 Å². The lowest BCUT2D eigenvalue weighted by molar-refractivity contribution is -0.148. The summed E-state index contributed by atoms with van der Waals surface area (Å²) in [4.78, 5) is 24.4. The first-order valence-electron chi connectivity index (χ1n) is 9.11. The van der Waals surface area contributed by atoms with Crippen LogP contribution >= 0.6 is 0 Å². The van der Waals surface area contributed by atoms with Crippen LogP contribution < -0.4 is 19.5 Å². The normalized spacial score (nSPS) is 11.6. The first kappa shape index (κ1) is 21.8. The zero-order valence-corrected chi connectivity index (χ0v) is 16.9. The van der Waals surface area contributed by atoms with Gasteiger partial charge in [-0.15, -0.1) is 0 Å². The number of amides is 1. The SMILES string of the molecule is CCOc1ccccc1NC(=O)C(C)OC(=O)C=Cc1ccc(OC)cc1OC. The number of ether oxygens (including phenoxy) is 4. The molecule has 0 spiro atoms. The van der Waals surface area contributed by atoms with Crippen molar-refractivity contribution in [1.29, 1.82) is 0 Å². The van der Waals surface area contributed by atoms with E-state index in [4.69, 9.17) is 18.9 Å². The highest BCUT2D eigenvalue weighted by molar-refractivity contribution is 5.97. The second kappa shape index (κ2) is 10.8. The zero-order valence-electron chi connectivity index (χ0n) is 16.9. The number of para-hydroxylation sites is 2. The molecule has 1 N–H and O–H groups in total. The van der Waals surface area contributed by atoms with Crippen LogP contribution in [0.4, 0.5) is 5.69 Å². The molecule has 0 heterocycles. The number of rotatable bonds is 9. The number of carbonyl (C=O) groups excluding carboxylic acids is 2. The van der Waals surface area contributed by atoms with Crippen LogP contribution in [0, 0.1) is 0 Å². The number of hydrogen-bond donors (Lipinski definition) is 1. The monoisotopic (exact) mass is 399 g/mol. The average Bonchev–Trinajstić information content (AvgIpc) is 2.73. The van der Waals surface area contributed by atoms with Crippen LogP contribution in [0.1, 0.15) is 19.4 Å². The second-order valence-corrected chi connectivity index (χ2v) is 5.94. The van der Waals surface area contributed by atoms with Gasteiger partial charge in [0.05, 0.1) is 26.5 Å². The maximum absolute atomic E-state index is 12.3. The third kappa shape index (κ3) is 6.27. The van der Waals surface area contributed by atoms with Crippen LogP contribution in [0.2, 0.25) is 0 Å². The lowest BCUT2D eigenvalue weighted by Crippen LogP contribution is -2.29. The molecule has 0 aliphatic carbocycles. The van der Waals surface area contributed by atoms with Gasteiger partial charge < -0.3 is 24.3 Å². The average molecular weight is 399 g/mol. The molecule has 1 amide bonds. The number of benzene rings is 2. The first-order valence-corrected chi connectivity index (χ1v) is 9.11. The van der Waals surface area contributed by atoms with Crippen molar-refractivity contribution in [3.8, 4) is 17.2 Å². The minimum Gasteiger partial charge on any atom is -0.497 e. The topological polar surface area (TPSA) is 83.1 Å². The van der Waals surface area contributed by atoms with Crippen LogP contribution in [0.15, 0.2) is 48.5 Å². The minimum absolute atomic E-state index is 0.457. The Kier molecular flexibility index (Phi) is 8.09. The molecule has 0 aliphatic heterocycles. The van der Waals surface area contributed by atoms with Crippen LogP contribution in [0.3, 0.4) is 0 Å². The Morgan fingerprint density at radius 1 is 1.07 bits per heavy atom. The highest BCUT2D eigenvalue weighted by Gasteiger charge is 2.18. The van der Waals surface area contributed by atoms with E-state index in [1.807, 2.05) is 13.0 Å². The van der Waals surface area contributed by atoms with E-state index in [2.05, 4.69) is 5.32 Å². The van der Waals surface area contributed by atoms with Crippen molar-refractivity contribution in [2.24, 2.45) is 0 Å². The number of methoxy groups -OCH3 is 2. The molecule has 29 heavy (non-hydrogen) atoms. The van der Waals surface area contributed by atoms with E-state index in [0.717, 1.165) is 0 Å². The molecule has 154 valence electrons. The summed E-state index contributed by atoms with van der Waals surface area (Å²) in [7, 11) is 3.08. The molecule has 0 aliphatic rings. The standard InChI is InChI=1S/C22H25NO6/c1-5-28-19-9-7-6-8-18(19)23-22(25)15(2)29-21(24)13-11-16-10-12-17(26-3)14-20(16)27-4/h6-15H,5H2,1-4H3,(H,23,25). The fraction of sp³-hybridized carbons (Fsp3) is 0.273. The van der Waals surface area contributed by atoms with Crippen LogP contribution in [0.25, 0.3) is 6.08 Å². The summed E-state index contributed by atoms with van der Waals surface area (Å²) in [5.74, 6) is 0.629. The predicted molar refractivity (Wildman–Crippen MR) is 110 cm³/mol. The molecule has 7 heteroatoms. The molecule has 2 aromatic rings. The maximum atomic E-state index is 12.3. The zero-order chi connectivity index (χ0) is 21.2. The summed E-state index contributed by atoms with van der Waals surface area (Å²) in [5.41, 5.74) is 1.19. The molecule has 1 unspecified atom stereocenters. The van der Waals surface area contributed by atoms with Crippen LogP contribution in [-0.2, 0) is 14.3 Å². The Balaban J connectivity index is 1.98. The molecule has 2 aromatic carbocycles. The van der Waals surface area contributed by atoms with Crippen molar-refractivity contribution >= 4 is 23.6 Å². The Morgan fingerprint density at radius 2 is 1.83 bits per heavy atom. The van der Waals surface area contributed by atoms with Crippen molar-refractivity contribution in [1.82, 2.24) is 0 Å². The summed E-state index contributed by atoms with van der Waals surface area (Å²) in [5, 5.41) is 2.71. The number of anilines is 1. The third-order valence-electron chi connectivity index (χ3n) is 3.95. The molecule has 0 aromatic heterocycles. The molecule has 0 saturated heterocycles. The van der Waals surface area contributed by atoms with E-state index < -0.39 is 18.0 Å². The van der Waals surface area contributed by atoms with Gasteiger partial charge >= 0.3 is 5.97 Å². The van der Waals surface area contributed by atoms with E-state index in [9.17, 15) is 9.59 Å². The maximum Gasteiger partial charge on any atom is 0.331 e. The fourth-order valence-corrected chi connectivity index (χ4v) is 2.47. The molecular weight excluding hydrogens is 374 g/mol. The third-order valence-corrected chi connectivity index (χ3v) is 3.95. The minimum atomic E-state index is -0.986. The summed E-state index contributed by atoms with van der Waals surface area (Å²) in [6, 6.07) is 12.3. The van der Waals surface area contributed by atoms with Gasteiger partial charge in [-0.25, -0.2) is 4.79 Å². The largest absolute Gasteiger partial charge is 0.497 e. The number of esters is 1. The fourth-order valence-electron chi connectivity index (χ4n) is 2.47. The van der Waals surface area contributed by atoms with Gasteiger partial charge in [0.25, 0.3) is 5.91 Å². The van der Waals surface area contributed by atoms with Gasteiger partial charge in [-0.3, -0.25) is 4.79 Å². The number of nitrogens with one attached hydrogen (secondary N) is 1. The van der Waals surface area contributed by atoms with E-state index >= 15 is 0 Å². The van der Waals surface area contributed by atoms with E-state index in [1.54, 1.807) is 49.6 Å².